The number of carbonyl (C=O) groups excluding carboxylic acids is 2. The van der Waals surface area contributed by atoms with Crippen LogP contribution >= 0.6 is 11.6 Å². The number of amides is 3. The van der Waals surface area contributed by atoms with Gasteiger partial charge in [-0.3, -0.25) is 4.79 Å². The zero-order chi connectivity index (χ0) is 24.0. The number of urea groups is 1. The lowest BCUT2D eigenvalue weighted by atomic mass is 9.52. The molecule has 0 radical (unpaired) electrons. The Labute approximate surface area is 208 Å². The Morgan fingerprint density at radius 3 is 2.47 bits per heavy atom. The second kappa shape index (κ2) is 9.34. The summed E-state index contributed by atoms with van der Waals surface area (Å²) >= 11 is 5.99. The van der Waals surface area contributed by atoms with Gasteiger partial charge >= 0.3 is 6.03 Å². The predicted octanol–water partition coefficient (Wildman–Crippen LogP) is 4.23. The van der Waals surface area contributed by atoms with E-state index in [1.807, 2.05) is 47.9 Å². The molecule has 2 N–H and O–H groups in total. The molecule has 1 saturated heterocycles. The molecular formula is C27H38ClN3O3. The number of rotatable bonds is 6. The van der Waals surface area contributed by atoms with Crippen LogP contribution in [0.25, 0.3) is 0 Å². The highest BCUT2D eigenvalue weighted by molar-refractivity contribution is 6.30. The van der Waals surface area contributed by atoms with E-state index in [4.69, 9.17) is 11.6 Å². The minimum Gasteiger partial charge on any atom is -0.390 e. The Morgan fingerprint density at radius 1 is 1.18 bits per heavy atom. The molecule has 186 valence electrons. The zero-order valence-corrected chi connectivity index (χ0v) is 21.1. The summed E-state index contributed by atoms with van der Waals surface area (Å²) in [5.41, 5.74) is 0.459. The SMILES string of the molecule is CC(C)N(C[C@H]1CCCN1C(=O)NC1C2CC3CC1CC(O)(C3)C2)C(=O)Cc1ccc(Cl)cc1. The maximum atomic E-state index is 13.4. The first-order chi connectivity index (χ1) is 16.2. The molecule has 1 aromatic carbocycles. The number of carbonyl (C=O) groups is 2. The molecular weight excluding hydrogens is 450 g/mol. The second-order valence-corrected chi connectivity index (χ2v) is 12.0. The van der Waals surface area contributed by atoms with Crippen LogP contribution in [0.4, 0.5) is 4.79 Å². The van der Waals surface area contributed by atoms with Crippen molar-refractivity contribution in [1.82, 2.24) is 15.1 Å². The Bertz CT molecular complexity index is 904. The van der Waals surface area contributed by atoms with Crippen molar-refractivity contribution in [2.45, 2.75) is 88.9 Å². The summed E-state index contributed by atoms with van der Waals surface area (Å²) in [5, 5.41) is 14.9. The van der Waals surface area contributed by atoms with Crippen molar-refractivity contribution < 1.29 is 14.7 Å². The van der Waals surface area contributed by atoms with Gasteiger partial charge in [0.2, 0.25) is 5.91 Å². The van der Waals surface area contributed by atoms with Crippen LogP contribution in [0.5, 0.6) is 0 Å². The van der Waals surface area contributed by atoms with E-state index in [1.165, 1.54) is 0 Å². The molecule has 1 aromatic rings. The number of hydrogen-bond donors (Lipinski definition) is 2. The van der Waals surface area contributed by atoms with Crippen LogP contribution in [0.2, 0.25) is 5.02 Å². The van der Waals surface area contributed by atoms with E-state index in [9.17, 15) is 14.7 Å². The van der Waals surface area contributed by atoms with E-state index < -0.39 is 5.60 Å². The van der Waals surface area contributed by atoms with Crippen molar-refractivity contribution >= 4 is 23.5 Å². The first-order valence-electron chi connectivity index (χ1n) is 13.0. The van der Waals surface area contributed by atoms with Crippen molar-refractivity contribution in [2.75, 3.05) is 13.1 Å². The van der Waals surface area contributed by atoms with Gasteiger partial charge in [-0.2, -0.15) is 0 Å². The Balaban J connectivity index is 1.21. The van der Waals surface area contributed by atoms with Gasteiger partial charge < -0.3 is 20.2 Å². The van der Waals surface area contributed by atoms with E-state index in [-0.39, 0.29) is 30.1 Å². The third-order valence-corrected chi connectivity index (χ3v) is 9.04. The second-order valence-electron chi connectivity index (χ2n) is 11.6. The topological polar surface area (TPSA) is 72.9 Å². The smallest absolute Gasteiger partial charge is 0.317 e. The van der Waals surface area contributed by atoms with Crippen LogP contribution in [0.3, 0.4) is 0 Å². The summed E-state index contributed by atoms with van der Waals surface area (Å²) in [4.78, 5) is 30.5. The minimum absolute atomic E-state index is 0.0146. The highest BCUT2D eigenvalue weighted by Crippen LogP contribution is 2.55. The molecule has 5 aliphatic rings. The molecule has 0 aromatic heterocycles. The van der Waals surface area contributed by atoms with Gasteiger partial charge in [-0.1, -0.05) is 23.7 Å². The first-order valence-corrected chi connectivity index (χ1v) is 13.4. The van der Waals surface area contributed by atoms with Gasteiger partial charge in [-0.05, 0) is 94.2 Å². The molecule has 6 rings (SSSR count). The van der Waals surface area contributed by atoms with Crippen LogP contribution in [-0.4, -0.2) is 63.7 Å². The van der Waals surface area contributed by atoms with E-state index in [0.717, 1.165) is 57.1 Å². The Hall–Kier alpha value is -1.79. The molecule has 6 nitrogen and oxygen atoms in total. The third-order valence-electron chi connectivity index (χ3n) is 8.79. The van der Waals surface area contributed by atoms with Crippen LogP contribution in [0, 0.1) is 17.8 Å². The van der Waals surface area contributed by atoms with E-state index >= 15 is 0 Å². The Kier molecular flexibility index (Phi) is 6.58. The largest absolute Gasteiger partial charge is 0.390 e. The van der Waals surface area contributed by atoms with E-state index in [0.29, 0.717) is 35.7 Å². The van der Waals surface area contributed by atoms with Gasteiger partial charge in [0.05, 0.1) is 18.1 Å². The minimum atomic E-state index is -0.490. The maximum Gasteiger partial charge on any atom is 0.317 e. The van der Waals surface area contributed by atoms with Crippen LogP contribution in [-0.2, 0) is 11.2 Å². The highest BCUT2D eigenvalue weighted by Gasteiger charge is 2.55. The average molecular weight is 488 g/mol. The molecule has 1 aliphatic heterocycles. The van der Waals surface area contributed by atoms with Crippen LogP contribution in [0.1, 0.15) is 64.4 Å². The first kappa shape index (κ1) is 23.9. The maximum absolute atomic E-state index is 13.4. The molecule has 0 spiro atoms. The molecule has 7 heteroatoms. The lowest BCUT2D eigenvalue weighted by Gasteiger charge is -2.58. The van der Waals surface area contributed by atoms with E-state index in [1.54, 1.807) is 0 Å². The van der Waals surface area contributed by atoms with Crippen LogP contribution < -0.4 is 5.32 Å². The fraction of sp³-hybridized carbons (Fsp3) is 0.704. The molecule has 2 unspecified atom stereocenters. The summed E-state index contributed by atoms with van der Waals surface area (Å²) in [7, 11) is 0. The molecule has 5 fully saturated rings. The molecule has 4 bridgehead atoms. The third kappa shape index (κ3) is 4.81. The standard InChI is InChI=1S/C27H38ClN3O3/c1-17(2)31(24(32)12-18-5-7-22(28)8-6-18)16-23-4-3-9-30(23)26(33)29-25-20-10-19-11-21(25)15-27(34,13-19)14-20/h5-8,17,19-21,23,25,34H,3-4,9-16H2,1-2H3,(H,29,33)/t19?,20?,21?,23-,25?,27?/m1/s1. The fourth-order valence-corrected chi connectivity index (χ4v) is 7.57. The quantitative estimate of drug-likeness (QED) is 0.630. The Morgan fingerprint density at radius 2 is 1.85 bits per heavy atom. The molecule has 34 heavy (non-hydrogen) atoms. The van der Waals surface area contributed by atoms with E-state index in [2.05, 4.69) is 5.32 Å². The monoisotopic (exact) mass is 487 g/mol. The lowest BCUT2D eigenvalue weighted by Crippen LogP contribution is -2.63. The molecule has 4 aliphatic carbocycles. The number of aliphatic hydroxyl groups is 1. The number of likely N-dealkylation sites (tertiary alicyclic amines) is 1. The molecule has 3 amide bonds. The summed E-state index contributed by atoms with van der Waals surface area (Å²) in [6.45, 7) is 5.38. The number of hydrogen-bond acceptors (Lipinski definition) is 3. The van der Waals surface area contributed by atoms with Gasteiger partial charge in [0.25, 0.3) is 0 Å². The van der Waals surface area contributed by atoms with Gasteiger partial charge in [-0.15, -0.1) is 0 Å². The normalized spacial score (nSPS) is 34.0. The van der Waals surface area contributed by atoms with Crippen molar-refractivity contribution in [3.05, 3.63) is 34.9 Å². The summed E-state index contributed by atoms with van der Waals surface area (Å²) < 4.78 is 0. The fourth-order valence-electron chi connectivity index (χ4n) is 7.44. The molecule has 4 saturated carbocycles. The van der Waals surface area contributed by atoms with Crippen molar-refractivity contribution in [2.24, 2.45) is 17.8 Å². The number of benzene rings is 1. The average Bonchev–Trinajstić information content (AvgIpc) is 3.23. The zero-order valence-electron chi connectivity index (χ0n) is 20.4. The van der Waals surface area contributed by atoms with Gasteiger partial charge in [0.15, 0.2) is 0 Å². The number of nitrogens with zero attached hydrogens (tertiary/aromatic N) is 2. The summed E-state index contributed by atoms with van der Waals surface area (Å²) in [6, 6.07) is 7.73. The highest BCUT2D eigenvalue weighted by atomic mass is 35.5. The lowest BCUT2D eigenvalue weighted by molar-refractivity contribution is -0.137. The number of nitrogens with one attached hydrogen (secondary N) is 1. The molecule has 3 atom stereocenters. The van der Waals surface area contributed by atoms with Gasteiger partial charge in [-0.25, -0.2) is 4.79 Å². The van der Waals surface area contributed by atoms with Gasteiger partial charge in [0, 0.05) is 30.2 Å². The van der Waals surface area contributed by atoms with Crippen molar-refractivity contribution in [1.29, 1.82) is 0 Å². The summed E-state index contributed by atoms with van der Waals surface area (Å²) in [6.07, 6.45) is 7.09. The van der Waals surface area contributed by atoms with Crippen molar-refractivity contribution in [3.8, 4) is 0 Å². The number of halogens is 1. The molecule has 1 heterocycles. The van der Waals surface area contributed by atoms with Crippen LogP contribution in [0.15, 0.2) is 24.3 Å². The predicted molar refractivity (Wildman–Crippen MR) is 133 cm³/mol. The van der Waals surface area contributed by atoms with Gasteiger partial charge in [0.1, 0.15) is 0 Å². The summed E-state index contributed by atoms with van der Waals surface area (Å²) in [5.74, 6) is 1.50. The van der Waals surface area contributed by atoms with Crippen molar-refractivity contribution in [3.63, 3.8) is 0 Å².